The van der Waals surface area contributed by atoms with Gasteiger partial charge >= 0.3 is 0 Å². The number of hydrogen-bond acceptors (Lipinski definition) is 0. The number of rotatable bonds is 4. The molecule has 0 heteroatoms. The third kappa shape index (κ3) is 4.37. The summed E-state index contributed by atoms with van der Waals surface area (Å²) in [6.07, 6.45) is 4.56. The Morgan fingerprint density at radius 2 is 1.04 bits per heavy atom. The molecule has 0 aromatic heterocycles. The molecule has 0 radical (unpaired) electrons. The summed E-state index contributed by atoms with van der Waals surface area (Å²) in [5, 5.41) is 7.60. The third-order valence-corrected chi connectivity index (χ3v) is 10.3. The minimum absolute atomic E-state index is 0.0673. The zero-order chi connectivity index (χ0) is 31.5. The van der Waals surface area contributed by atoms with E-state index in [-0.39, 0.29) is 5.41 Å². The molecule has 222 valence electrons. The summed E-state index contributed by atoms with van der Waals surface area (Å²) in [6.45, 7) is 4.74. The Labute approximate surface area is 276 Å². The van der Waals surface area contributed by atoms with E-state index in [1.807, 2.05) is 0 Å². The SMILES string of the molecule is CC1(C)c2ccccc2-c2c(-c3c4ccccc4c(C=Cc4ccccc4)c4ccc(-c5ccc6ccccc6c5)cc34)cccc21. The highest BCUT2D eigenvalue weighted by Gasteiger charge is 2.37. The summed E-state index contributed by atoms with van der Waals surface area (Å²) in [7, 11) is 0. The Bertz CT molecular complexity index is 2530. The molecule has 0 amide bonds. The van der Waals surface area contributed by atoms with Crippen LogP contribution in [0, 0.1) is 0 Å². The molecule has 8 aromatic carbocycles. The van der Waals surface area contributed by atoms with E-state index in [1.54, 1.807) is 0 Å². The summed E-state index contributed by atoms with van der Waals surface area (Å²) >= 11 is 0. The van der Waals surface area contributed by atoms with Gasteiger partial charge in [-0.1, -0.05) is 172 Å². The fraction of sp³-hybridized carbons (Fsp3) is 0.0638. The van der Waals surface area contributed by atoms with Crippen molar-refractivity contribution < 1.29 is 0 Å². The summed E-state index contributed by atoms with van der Waals surface area (Å²) in [5.74, 6) is 0. The Morgan fingerprint density at radius 1 is 0.404 bits per heavy atom. The normalized spacial score (nSPS) is 13.4. The van der Waals surface area contributed by atoms with Crippen molar-refractivity contribution in [2.24, 2.45) is 0 Å². The summed E-state index contributed by atoms with van der Waals surface area (Å²) in [6, 6.07) is 58.1. The van der Waals surface area contributed by atoms with Crippen LogP contribution in [0.1, 0.15) is 36.1 Å². The van der Waals surface area contributed by atoms with Crippen LogP contribution in [0.25, 0.3) is 77.9 Å². The smallest absolute Gasteiger partial charge is 0.0159 e. The van der Waals surface area contributed by atoms with E-state index in [0.717, 1.165) is 0 Å². The molecule has 1 aliphatic carbocycles. The molecule has 9 rings (SSSR count). The van der Waals surface area contributed by atoms with Crippen molar-refractivity contribution in [3.63, 3.8) is 0 Å². The van der Waals surface area contributed by atoms with Crippen molar-refractivity contribution in [3.05, 3.63) is 180 Å². The minimum Gasteiger partial charge on any atom is -0.0622 e. The zero-order valence-corrected chi connectivity index (χ0v) is 26.7. The van der Waals surface area contributed by atoms with Gasteiger partial charge in [0.1, 0.15) is 0 Å². The van der Waals surface area contributed by atoms with Gasteiger partial charge in [-0.2, -0.15) is 0 Å². The van der Waals surface area contributed by atoms with Gasteiger partial charge < -0.3 is 0 Å². The van der Waals surface area contributed by atoms with Crippen LogP contribution in [-0.2, 0) is 5.41 Å². The van der Waals surface area contributed by atoms with Crippen LogP contribution in [0.3, 0.4) is 0 Å². The monoisotopic (exact) mass is 598 g/mol. The predicted molar refractivity (Wildman–Crippen MR) is 203 cm³/mol. The van der Waals surface area contributed by atoms with Crippen molar-refractivity contribution in [2.45, 2.75) is 19.3 Å². The van der Waals surface area contributed by atoms with Crippen LogP contribution in [0.4, 0.5) is 0 Å². The summed E-state index contributed by atoms with van der Waals surface area (Å²) in [5.41, 5.74) is 13.0. The fourth-order valence-electron chi connectivity index (χ4n) is 7.94. The van der Waals surface area contributed by atoms with Gasteiger partial charge in [-0.25, -0.2) is 0 Å². The summed E-state index contributed by atoms with van der Waals surface area (Å²) < 4.78 is 0. The fourth-order valence-corrected chi connectivity index (χ4v) is 7.94. The van der Waals surface area contributed by atoms with E-state index >= 15 is 0 Å². The van der Waals surface area contributed by atoms with Crippen LogP contribution >= 0.6 is 0 Å². The van der Waals surface area contributed by atoms with Gasteiger partial charge in [0.15, 0.2) is 0 Å². The Kier molecular flexibility index (Phi) is 6.27. The molecule has 0 fully saturated rings. The van der Waals surface area contributed by atoms with Gasteiger partial charge in [-0.15, -0.1) is 0 Å². The maximum atomic E-state index is 2.44. The molecule has 0 aliphatic heterocycles. The lowest BCUT2D eigenvalue weighted by molar-refractivity contribution is 0.660. The Balaban J connectivity index is 1.39. The van der Waals surface area contributed by atoms with Gasteiger partial charge in [0.05, 0.1) is 0 Å². The standard InChI is InChI=1S/C47H34/c1-47(2)43-21-11-10-19-40(43)46-41(20-12-22-44(46)47)45-39-18-9-8-17-36(39)37(27-23-31-13-4-3-5-14-31)38-28-26-35(30-42(38)45)34-25-24-32-15-6-7-16-33(32)29-34/h3-30H,1-2H3. The van der Waals surface area contributed by atoms with E-state index in [2.05, 4.69) is 184 Å². The van der Waals surface area contributed by atoms with Gasteiger partial charge in [0.2, 0.25) is 0 Å². The van der Waals surface area contributed by atoms with E-state index in [0.29, 0.717) is 0 Å². The molecule has 0 spiro atoms. The Hall–Kier alpha value is -5.72. The van der Waals surface area contributed by atoms with Gasteiger partial charge in [-0.3, -0.25) is 0 Å². The van der Waals surface area contributed by atoms with E-state index in [1.165, 1.54) is 88.0 Å². The van der Waals surface area contributed by atoms with Crippen molar-refractivity contribution in [1.29, 1.82) is 0 Å². The van der Waals surface area contributed by atoms with Gasteiger partial charge in [0.25, 0.3) is 0 Å². The largest absolute Gasteiger partial charge is 0.0622 e. The molecule has 0 heterocycles. The zero-order valence-electron chi connectivity index (χ0n) is 26.7. The second-order valence-corrected chi connectivity index (χ2v) is 13.3. The first kappa shape index (κ1) is 27.6. The van der Waals surface area contributed by atoms with Crippen molar-refractivity contribution in [1.82, 2.24) is 0 Å². The summed E-state index contributed by atoms with van der Waals surface area (Å²) in [4.78, 5) is 0. The van der Waals surface area contributed by atoms with Crippen LogP contribution in [0.15, 0.2) is 158 Å². The molecule has 0 bridgehead atoms. The number of hydrogen-bond donors (Lipinski definition) is 0. The molecular weight excluding hydrogens is 565 g/mol. The molecule has 0 saturated heterocycles. The molecule has 8 aromatic rings. The average Bonchev–Trinajstić information content (AvgIpc) is 3.36. The lowest BCUT2D eigenvalue weighted by Gasteiger charge is -2.22. The topological polar surface area (TPSA) is 0 Å². The molecule has 0 nitrogen and oxygen atoms in total. The van der Waals surface area contributed by atoms with Gasteiger partial charge in [-0.05, 0) is 100 Å². The third-order valence-electron chi connectivity index (χ3n) is 10.3. The van der Waals surface area contributed by atoms with Crippen LogP contribution in [-0.4, -0.2) is 0 Å². The van der Waals surface area contributed by atoms with Crippen molar-refractivity contribution in [3.8, 4) is 33.4 Å². The van der Waals surface area contributed by atoms with Crippen molar-refractivity contribution >= 4 is 44.5 Å². The average molecular weight is 599 g/mol. The van der Waals surface area contributed by atoms with Gasteiger partial charge in [0, 0.05) is 5.41 Å². The highest BCUT2D eigenvalue weighted by Crippen LogP contribution is 2.54. The molecule has 0 unspecified atom stereocenters. The molecule has 1 aliphatic rings. The van der Waals surface area contributed by atoms with Crippen LogP contribution < -0.4 is 0 Å². The van der Waals surface area contributed by atoms with Crippen molar-refractivity contribution in [2.75, 3.05) is 0 Å². The van der Waals surface area contributed by atoms with E-state index < -0.39 is 0 Å². The van der Waals surface area contributed by atoms with Crippen LogP contribution in [0.5, 0.6) is 0 Å². The minimum atomic E-state index is -0.0673. The predicted octanol–water partition coefficient (Wildman–Crippen LogP) is 13.0. The number of fused-ring (bicyclic) bond motifs is 6. The first-order chi connectivity index (χ1) is 23.1. The second-order valence-electron chi connectivity index (χ2n) is 13.3. The maximum Gasteiger partial charge on any atom is 0.0159 e. The first-order valence-electron chi connectivity index (χ1n) is 16.5. The highest BCUT2D eigenvalue weighted by atomic mass is 14.4. The lowest BCUT2D eigenvalue weighted by atomic mass is 9.81. The van der Waals surface area contributed by atoms with E-state index in [9.17, 15) is 0 Å². The second kappa shape index (κ2) is 10.7. The van der Waals surface area contributed by atoms with E-state index in [4.69, 9.17) is 0 Å². The molecule has 0 saturated carbocycles. The Morgan fingerprint density at radius 3 is 1.91 bits per heavy atom. The molecular formula is C47H34. The van der Waals surface area contributed by atoms with Crippen LogP contribution in [0.2, 0.25) is 0 Å². The quantitative estimate of drug-likeness (QED) is 0.140. The first-order valence-corrected chi connectivity index (χ1v) is 16.5. The highest BCUT2D eigenvalue weighted by molar-refractivity contribution is 6.20. The lowest BCUT2D eigenvalue weighted by Crippen LogP contribution is -2.14. The maximum absolute atomic E-state index is 2.44. The molecule has 47 heavy (non-hydrogen) atoms. The molecule has 0 N–H and O–H groups in total. The number of benzene rings is 8. The molecule has 0 atom stereocenters.